The molecule has 1 aromatic heterocycles. The molecule has 3 atom stereocenters. The molecule has 1 aromatic rings. The van der Waals surface area contributed by atoms with Crippen LogP contribution in [0.2, 0.25) is 0 Å². The molecule has 3 unspecified atom stereocenters. The van der Waals surface area contributed by atoms with Crippen LogP contribution in [-0.2, 0) is 7.05 Å². The van der Waals surface area contributed by atoms with Crippen LogP contribution in [0.25, 0.3) is 0 Å². The fourth-order valence-electron chi connectivity index (χ4n) is 3.32. The standard InChI is InChI=1S/C12H20N4/c1-16-12(13-8-14-16)11-7-6-9-4-2-3-5-10(9)15-11/h8-11,15H,2-7H2,1H3. The molecule has 3 rings (SSSR count). The van der Waals surface area contributed by atoms with Gasteiger partial charge < -0.3 is 5.32 Å². The van der Waals surface area contributed by atoms with Crippen molar-refractivity contribution in [3.63, 3.8) is 0 Å². The molecular weight excluding hydrogens is 200 g/mol. The van der Waals surface area contributed by atoms with E-state index < -0.39 is 0 Å². The Hall–Kier alpha value is -0.900. The van der Waals surface area contributed by atoms with Crippen molar-refractivity contribution >= 4 is 0 Å². The molecule has 0 spiro atoms. The molecule has 88 valence electrons. The number of rotatable bonds is 1. The van der Waals surface area contributed by atoms with Gasteiger partial charge in [0.15, 0.2) is 0 Å². The van der Waals surface area contributed by atoms with Crippen LogP contribution in [0.4, 0.5) is 0 Å². The van der Waals surface area contributed by atoms with E-state index in [0.717, 1.165) is 17.8 Å². The minimum Gasteiger partial charge on any atom is -0.304 e. The van der Waals surface area contributed by atoms with Gasteiger partial charge in [-0.25, -0.2) is 4.98 Å². The lowest BCUT2D eigenvalue weighted by Gasteiger charge is -2.40. The highest BCUT2D eigenvalue weighted by Crippen LogP contribution is 2.35. The predicted molar refractivity (Wildman–Crippen MR) is 61.9 cm³/mol. The number of hydrogen-bond acceptors (Lipinski definition) is 3. The molecule has 2 aliphatic rings. The Kier molecular flexibility index (Phi) is 2.67. The molecule has 2 fully saturated rings. The monoisotopic (exact) mass is 220 g/mol. The molecular formula is C12H20N4. The van der Waals surface area contributed by atoms with Gasteiger partial charge >= 0.3 is 0 Å². The van der Waals surface area contributed by atoms with Gasteiger partial charge in [-0.1, -0.05) is 12.8 Å². The number of piperidine rings is 1. The first-order valence-electron chi connectivity index (χ1n) is 6.44. The van der Waals surface area contributed by atoms with Crippen LogP contribution in [0.15, 0.2) is 6.33 Å². The van der Waals surface area contributed by atoms with Crippen molar-refractivity contribution in [3.05, 3.63) is 12.2 Å². The second kappa shape index (κ2) is 4.17. The SMILES string of the molecule is Cn1ncnc1C1CCC2CCCCC2N1. The number of aryl methyl sites for hydroxylation is 1. The van der Waals surface area contributed by atoms with Crippen molar-refractivity contribution in [3.8, 4) is 0 Å². The van der Waals surface area contributed by atoms with E-state index in [2.05, 4.69) is 15.4 Å². The van der Waals surface area contributed by atoms with Crippen LogP contribution in [0, 0.1) is 5.92 Å². The van der Waals surface area contributed by atoms with Gasteiger partial charge in [0.1, 0.15) is 12.2 Å². The van der Waals surface area contributed by atoms with Gasteiger partial charge in [0.05, 0.1) is 6.04 Å². The minimum atomic E-state index is 0.423. The maximum atomic E-state index is 4.37. The molecule has 1 aliphatic carbocycles. The lowest BCUT2D eigenvalue weighted by Crippen LogP contribution is -2.45. The van der Waals surface area contributed by atoms with Crippen LogP contribution in [0.5, 0.6) is 0 Å². The molecule has 0 aromatic carbocycles. The third-order valence-electron chi connectivity index (χ3n) is 4.21. The topological polar surface area (TPSA) is 42.7 Å². The van der Waals surface area contributed by atoms with Crippen molar-refractivity contribution in [1.82, 2.24) is 20.1 Å². The van der Waals surface area contributed by atoms with Gasteiger partial charge in [-0.05, 0) is 31.6 Å². The molecule has 16 heavy (non-hydrogen) atoms. The molecule has 4 heteroatoms. The molecule has 1 N–H and O–H groups in total. The van der Waals surface area contributed by atoms with Crippen molar-refractivity contribution in [2.24, 2.45) is 13.0 Å². The Morgan fingerprint density at radius 1 is 1.25 bits per heavy atom. The number of hydrogen-bond donors (Lipinski definition) is 1. The first-order chi connectivity index (χ1) is 7.84. The van der Waals surface area contributed by atoms with Crippen LogP contribution >= 0.6 is 0 Å². The van der Waals surface area contributed by atoms with Crippen LogP contribution in [0.1, 0.15) is 50.4 Å². The lowest BCUT2D eigenvalue weighted by molar-refractivity contribution is 0.171. The fourth-order valence-corrected chi connectivity index (χ4v) is 3.32. The Morgan fingerprint density at radius 2 is 2.12 bits per heavy atom. The zero-order chi connectivity index (χ0) is 11.0. The average Bonchev–Trinajstić information content (AvgIpc) is 2.75. The average molecular weight is 220 g/mol. The highest BCUT2D eigenvalue weighted by molar-refractivity contribution is 4.99. The summed E-state index contributed by atoms with van der Waals surface area (Å²) in [5, 5.41) is 7.94. The van der Waals surface area contributed by atoms with Crippen molar-refractivity contribution in [2.75, 3.05) is 0 Å². The molecule has 0 amide bonds. The van der Waals surface area contributed by atoms with Gasteiger partial charge in [-0.3, -0.25) is 4.68 Å². The first-order valence-corrected chi connectivity index (χ1v) is 6.44. The Morgan fingerprint density at radius 3 is 2.94 bits per heavy atom. The summed E-state index contributed by atoms with van der Waals surface area (Å²) in [5.74, 6) is 2.02. The quantitative estimate of drug-likeness (QED) is 0.784. The Labute approximate surface area is 96.4 Å². The van der Waals surface area contributed by atoms with Crippen molar-refractivity contribution in [1.29, 1.82) is 0 Å². The third kappa shape index (κ3) is 1.75. The molecule has 2 heterocycles. The summed E-state index contributed by atoms with van der Waals surface area (Å²) < 4.78 is 1.90. The summed E-state index contributed by atoms with van der Waals surface area (Å²) in [5.41, 5.74) is 0. The molecule has 0 radical (unpaired) electrons. The van der Waals surface area contributed by atoms with Crippen LogP contribution in [0.3, 0.4) is 0 Å². The molecule has 1 aliphatic heterocycles. The maximum Gasteiger partial charge on any atom is 0.143 e. The normalized spacial score (nSPS) is 34.7. The largest absolute Gasteiger partial charge is 0.304 e. The summed E-state index contributed by atoms with van der Waals surface area (Å²) in [6, 6.07) is 1.15. The smallest absolute Gasteiger partial charge is 0.143 e. The van der Waals surface area contributed by atoms with Gasteiger partial charge in [0.2, 0.25) is 0 Å². The first kappa shape index (κ1) is 10.3. The molecule has 0 bridgehead atoms. The van der Waals surface area contributed by atoms with Crippen molar-refractivity contribution in [2.45, 2.75) is 50.6 Å². The zero-order valence-corrected chi connectivity index (χ0v) is 9.89. The summed E-state index contributed by atoms with van der Waals surface area (Å²) in [4.78, 5) is 4.37. The number of nitrogens with zero attached hydrogens (tertiary/aromatic N) is 3. The summed E-state index contributed by atoms with van der Waals surface area (Å²) >= 11 is 0. The molecule has 1 saturated heterocycles. The van der Waals surface area contributed by atoms with E-state index >= 15 is 0 Å². The van der Waals surface area contributed by atoms with E-state index in [-0.39, 0.29) is 0 Å². The second-order valence-corrected chi connectivity index (χ2v) is 5.19. The third-order valence-corrected chi connectivity index (χ3v) is 4.21. The maximum absolute atomic E-state index is 4.37. The molecule has 1 saturated carbocycles. The number of aromatic nitrogens is 3. The highest BCUT2D eigenvalue weighted by atomic mass is 15.3. The summed E-state index contributed by atoms with van der Waals surface area (Å²) in [7, 11) is 1.98. The lowest BCUT2D eigenvalue weighted by atomic mass is 9.77. The zero-order valence-electron chi connectivity index (χ0n) is 9.89. The minimum absolute atomic E-state index is 0.423. The van der Waals surface area contributed by atoms with Crippen LogP contribution < -0.4 is 5.32 Å². The van der Waals surface area contributed by atoms with Gasteiger partial charge in [-0.15, -0.1) is 0 Å². The predicted octanol–water partition coefficient (Wildman–Crippen LogP) is 1.80. The highest BCUT2D eigenvalue weighted by Gasteiger charge is 2.33. The van der Waals surface area contributed by atoms with Crippen LogP contribution in [-0.4, -0.2) is 20.8 Å². The van der Waals surface area contributed by atoms with Crippen molar-refractivity contribution < 1.29 is 0 Å². The van der Waals surface area contributed by atoms with E-state index in [1.807, 2.05) is 11.7 Å². The van der Waals surface area contributed by atoms with Gasteiger partial charge in [-0.2, -0.15) is 5.10 Å². The Bertz CT molecular complexity index is 360. The van der Waals surface area contributed by atoms with Gasteiger partial charge in [0, 0.05) is 13.1 Å². The van der Waals surface area contributed by atoms with E-state index in [9.17, 15) is 0 Å². The van der Waals surface area contributed by atoms with E-state index in [0.29, 0.717) is 6.04 Å². The molecule has 4 nitrogen and oxygen atoms in total. The number of fused-ring (bicyclic) bond motifs is 1. The summed E-state index contributed by atoms with van der Waals surface area (Å²) in [6.07, 6.45) is 9.81. The van der Waals surface area contributed by atoms with E-state index in [1.54, 1.807) is 6.33 Å². The van der Waals surface area contributed by atoms with E-state index in [1.165, 1.54) is 38.5 Å². The Balaban J connectivity index is 1.73. The summed E-state index contributed by atoms with van der Waals surface area (Å²) in [6.45, 7) is 0. The fraction of sp³-hybridized carbons (Fsp3) is 0.833. The second-order valence-electron chi connectivity index (χ2n) is 5.19. The van der Waals surface area contributed by atoms with E-state index in [4.69, 9.17) is 0 Å². The number of nitrogens with one attached hydrogen (secondary N) is 1. The van der Waals surface area contributed by atoms with Gasteiger partial charge in [0.25, 0.3) is 0 Å².